The van der Waals surface area contributed by atoms with Crippen molar-refractivity contribution in [1.29, 1.82) is 0 Å². The van der Waals surface area contributed by atoms with E-state index in [1.54, 1.807) is 0 Å². The van der Waals surface area contributed by atoms with Gasteiger partial charge in [-0.25, -0.2) is 0 Å². The van der Waals surface area contributed by atoms with Crippen LogP contribution in [-0.2, 0) is 22.7 Å². The summed E-state index contributed by atoms with van der Waals surface area (Å²) in [5, 5.41) is 4.28. The molecular formula is C28H26N4O4S2. The molecule has 0 aliphatic carbocycles. The van der Waals surface area contributed by atoms with Crippen molar-refractivity contribution in [2.75, 3.05) is 10.6 Å². The van der Waals surface area contributed by atoms with Gasteiger partial charge in [-0.05, 0) is 72.8 Å². The molecule has 0 aromatic heterocycles. The summed E-state index contributed by atoms with van der Waals surface area (Å²) in [6.45, 7) is 4.26. The van der Waals surface area contributed by atoms with Crippen molar-refractivity contribution in [3.63, 3.8) is 0 Å². The number of hydrogen-bond donors (Lipinski definition) is 2. The van der Waals surface area contributed by atoms with E-state index in [4.69, 9.17) is 0 Å². The van der Waals surface area contributed by atoms with E-state index >= 15 is 0 Å². The van der Waals surface area contributed by atoms with Crippen LogP contribution in [0.5, 0.6) is 0 Å². The van der Waals surface area contributed by atoms with Crippen LogP contribution in [0.3, 0.4) is 0 Å². The Morgan fingerprint density at radius 1 is 0.579 bits per heavy atom. The zero-order valence-corrected chi connectivity index (χ0v) is 22.5. The van der Waals surface area contributed by atoms with Crippen molar-refractivity contribution in [3.8, 4) is 0 Å². The van der Waals surface area contributed by atoms with Gasteiger partial charge in [-0.15, -0.1) is 0 Å². The van der Waals surface area contributed by atoms with Crippen LogP contribution in [0, 0.1) is 13.8 Å². The topological polar surface area (TPSA) is 98.8 Å². The minimum absolute atomic E-state index is 0.150. The summed E-state index contributed by atoms with van der Waals surface area (Å²) in [6.07, 6.45) is 0. The van der Waals surface area contributed by atoms with E-state index in [1.807, 2.05) is 86.6 Å². The van der Waals surface area contributed by atoms with Crippen LogP contribution in [-0.4, -0.2) is 42.8 Å². The fourth-order valence-corrected chi connectivity index (χ4v) is 5.89. The van der Waals surface area contributed by atoms with Gasteiger partial charge in [0.15, 0.2) is 10.7 Å². The minimum atomic E-state index is -0.671. The van der Waals surface area contributed by atoms with Gasteiger partial charge in [0.2, 0.25) is 0 Å². The normalized spacial score (nSPS) is 19.4. The SMILES string of the molecule is Cc1ccc(N[C@@H]2SC(=O)N(Cc3ccc(CN4C(=O)S[C@H](Nc5ccc(C)cc5)C4=O)cc3)C2=O)cc1. The van der Waals surface area contributed by atoms with Gasteiger partial charge in [0, 0.05) is 11.4 Å². The Bertz CT molecular complexity index is 1270. The largest absolute Gasteiger partial charge is 0.365 e. The van der Waals surface area contributed by atoms with Crippen molar-refractivity contribution in [3.05, 3.63) is 95.1 Å². The average molecular weight is 547 g/mol. The van der Waals surface area contributed by atoms with Crippen LogP contribution in [0.15, 0.2) is 72.8 Å². The highest BCUT2D eigenvalue weighted by atomic mass is 32.2. The molecule has 194 valence electrons. The van der Waals surface area contributed by atoms with Gasteiger partial charge in [-0.3, -0.25) is 29.0 Å². The molecular weight excluding hydrogens is 520 g/mol. The number of carbonyl (C=O) groups excluding carboxylic acids is 4. The smallest absolute Gasteiger partial charge is 0.291 e. The highest BCUT2D eigenvalue weighted by Gasteiger charge is 2.40. The van der Waals surface area contributed by atoms with Gasteiger partial charge >= 0.3 is 0 Å². The molecule has 3 aromatic rings. The third kappa shape index (κ3) is 5.71. The molecule has 38 heavy (non-hydrogen) atoms. The van der Waals surface area contributed by atoms with Crippen LogP contribution in [0.25, 0.3) is 0 Å². The minimum Gasteiger partial charge on any atom is -0.365 e. The van der Waals surface area contributed by atoms with Crippen molar-refractivity contribution >= 4 is 57.2 Å². The molecule has 2 N–H and O–H groups in total. The van der Waals surface area contributed by atoms with Crippen LogP contribution in [0.2, 0.25) is 0 Å². The molecule has 0 saturated carbocycles. The van der Waals surface area contributed by atoms with Crippen molar-refractivity contribution in [2.45, 2.75) is 37.7 Å². The number of aryl methyl sites for hydroxylation is 2. The summed E-state index contributed by atoms with van der Waals surface area (Å²) < 4.78 is 0. The Hall–Kier alpha value is -3.76. The molecule has 2 fully saturated rings. The van der Waals surface area contributed by atoms with E-state index in [0.717, 1.165) is 57.2 Å². The van der Waals surface area contributed by atoms with Crippen LogP contribution >= 0.6 is 23.5 Å². The predicted octanol–water partition coefficient (Wildman–Crippen LogP) is 5.57. The molecule has 2 aliphatic rings. The van der Waals surface area contributed by atoms with E-state index < -0.39 is 10.7 Å². The number of anilines is 2. The van der Waals surface area contributed by atoms with Gasteiger partial charge in [0.25, 0.3) is 22.3 Å². The average Bonchev–Trinajstić information content (AvgIpc) is 3.32. The summed E-state index contributed by atoms with van der Waals surface area (Å²) in [5.41, 5.74) is 5.33. The first-order chi connectivity index (χ1) is 18.3. The maximum Gasteiger partial charge on any atom is 0.291 e. The van der Waals surface area contributed by atoms with E-state index in [9.17, 15) is 19.2 Å². The number of rotatable bonds is 8. The van der Waals surface area contributed by atoms with Crippen LogP contribution in [0.4, 0.5) is 21.0 Å². The molecule has 4 amide bonds. The van der Waals surface area contributed by atoms with E-state index in [0.29, 0.717) is 0 Å². The maximum absolute atomic E-state index is 12.9. The Morgan fingerprint density at radius 2 is 0.921 bits per heavy atom. The van der Waals surface area contributed by atoms with Gasteiger partial charge in [-0.2, -0.15) is 0 Å². The molecule has 0 unspecified atom stereocenters. The predicted molar refractivity (Wildman–Crippen MR) is 151 cm³/mol. The number of benzene rings is 3. The first-order valence-corrected chi connectivity index (χ1v) is 13.8. The third-order valence-electron chi connectivity index (χ3n) is 6.26. The van der Waals surface area contributed by atoms with Gasteiger partial charge < -0.3 is 10.6 Å². The van der Waals surface area contributed by atoms with Crippen LogP contribution in [0.1, 0.15) is 22.3 Å². The Morgan fingerprint density at radius 3 is 1.26 bits per heavy atom. The highest BCUT2D eigenvalue weighted by molar-refractivity contribution is 8.15. The van der Waals surface area contributed by atoms with E-state index in [2.05, 4.69) is 10.6 Å². The molecule has 2 aliphatic heterocycles. The Kier molecular flexibility index (Phi) is 7.44. The Labute approximate surface area is 229 Å². The number of thioether (sulfide) groups is 2. The second kappa shape index (κ2) is 10.9. The molecule has 3 aromatic carbocycles. The summed E-state index contributed by atoms with van der Waals surface area (Å²) in [6, 6.07) is 22.5. The maximum atomic E-state index is 12.9. The second-order valence-electron chi connectivity index (χ2n) is 9.21. The lowest BCUT2D eigenvalue weighted by atomic mass is 10.1. The quantitative estimate of drug-likeness (QED) is 0.378. The standard InChI is InChI=1S/C28H26N4O4S2/c1-17-3-11-21(12-4-17)29-23-25(33)31(27(35)37-23)15-19-7-9-20(10-8-19)16-32-26(34)24(38-28(32)36)30-22-13-5-18(2)6-14-22/h3-14,23-24,29-30H,15-16H2,1-2H3/t23-,24+. The molecule has 10 heteroatoms. The summed E-state index contributed by atoms with van der Waals surface area (Å²) in [5.74, 6) is -0.580. The summed E-state index contributed by atoms with van der Waals surface area (Å²) in [4.78, 5) is 53.3. The fraction of sp³-hybridized carbons (Fsp3) is 0.214. The lowest BCUT2D eigenvalue weighted by molar-refractivity contribution is -0.127. The van der Waals surface area contributed by atoms with Crippen molar-refractivity contribution in [2.24, 2.45) is 0 Å². The van der Waals surface area contributed by atoms with Crippen molar-refractivity contribution < 1.29 is 19.2 Å². The molecule has 2 heterocycles. The lowest BCUT2D eigenvalue weighted by Gasteiger charge is -2.17. The zero-order valence-electron chi connectivity index (χ0n) is 20.8. The zero-order chi connectivity index (χ0) is 26.8. The Balaban J connectivity index is 1.17. The number of nitrogens with one attached hydrogen (secondary N) is 2. The number of imide groups is 2. The lowest BCUT2D eigenvalue weighted by Crippen LogP contribution is -2.34. The molecule has 0 bridgehead atoms. The number of hydrogen-bond acceptors (Lipinski definition) is 8. The first-order valence-electron chi connectivity index (χ1n) is 12.0. The van der Waals surface area contributed by atoms with Gasteiger partial charge in [0.1, 0.15) is 0 Å². The third-order valence-corrected chi connectivity index (χ3v) is 8.22. The van der Waals surface area contributed by atoms with E-state index in [-0.39, 0.29) is 35.4 Å². The van der Waals surface area contributed by atoms with E-state index in [1.165, 1.54) is 9.80 Å². The summed E-state index contributed by atoms with van der Waals surface area (Å²) in [7, 11) is 0. The van der Waals surface area contributed by atoms with Crippen LogP contribution < -0.4 is 10.6 Å². The monoisotopic (exact) mass is 546 g/mol. The highest BCUT2D eigenvalue weighted by Crippen LogP contribution is 2.31. The molecule has 0 radical (unpaired) electrons. The number of amides is 4. The first kappa shape index (κ1) is 25.9. The molecule has 8 nitrogen and oxygen atoms in total. The molecule has 2 saturated heterocycles. The van der Waals surface area contributed by atoms with Crippen molar-refractivity contribution in [1.82, 2.24) is 9.80 Å². The molecule has 2 atom stereocenters. The second-order valence-corrected chi connectivity index (χ2v) is 11.3. The number of carbonyl (C=O) groups is 4. The summed E-state index contributed by atoms with van der Waals surface area (Å²) >= 11 is 1.93. The fourth-order valence-electron chi connectivity index (χ4n) is 4.08. The van der Waals surface area contributed by atoms with Gasteiger partial charge in [0.05, 0.1) is 13.1 Å². The van der Waals surface area contributed by atoms with Gasteiger partial charge in [-0.1, -0.05) is 59.7 Å². The number of nitrogens with zero attached hydrogens (tertiary/aromatic N) is 2. The molecule has 5 rings (SSSR count). The molecule has 0 spiro atoms.